The molecule has 2 nitrogen and oxygen atoms in total. The van der Waals surface area contributed by atoms with E-state index in [4.69, 9.17) is 5.11 Å². The molecule has 0 aliphatic heterocycles. The lowest BCUT2D eigenvalue weighted by atomic mass is 9.93. The van der Waals surface area contributed by atoms with Crippen molar-refractivity contribution < 1.29 is 9.50 Å². The molecule has 0 aromatic heterocycles. The average Bonchev–Trinajstić information content (AvgIpc) is 2.43. The summed E-state index contributed by atoms with van der Waals surface area (Å²) >= 11 is 0. The number of nitrogens with one attached hydrogen (secondary N) is 1. The Labute approximate surface area is 127 Å². The first-order valence-corrected chi connectivity index (χ1v) is 8.05. The summed E-state index contributed by atoms with van der Waals surface area (Å²) in [6.07, 6.45) is 8.97. The molecule has 0 heterocycles. The molecular weight excluding hydrogens is 265 g/mol. The maximum atomic E-state index is 14.0. The van der Waals surface area contributed by atoms with Crippen molar-refractivity contribution in [3.8, 4) is 0 Å². The van der Waals surface area contributed by atoms with E-state index in [9.17, 15) is 4.39 Å². The highest BCUT2D eigenvalue weighted by Crippen LogP contribution is 2.20. The van der Waals surface area contributed by atoms with Crippen LogP contribution in [0.1, 0.15) is 56.6 Å². The Morgan fingerprint density at radius 3 is 2.76 bits per heavy atom. The summed E-state index contributed by atoms with van der Waals surface area (Å²) in [5.41, 5.74) is 2.53. The molecule has 1 aromatic carbocycles. The molecule has 0 saturated heterocycles. The van der Waals surface area contributed by atoms with Crippen LogP contribution in [0.15, 0.2) is 23.8 Å². The minimum Gasteiger partial charge on any atom is -0.392 e. The van der Waals surface area contributed by atoms with Crippen molar-refractivity contribution in [3.63, 3.8) is 0 Å². The van der Waals surface area contributed by atoms with E-state index < -0.39 is 0 Å². The molecule has 1 aliphatic carbocycles. The summed E-state index contributed by atoms with van der Waals surface area (Å²) < 4.78 is 14.0. The first kappa shape index (κ1) is 16.2. The normalized spacial score (nSPS) is 16.0. The van der Waals surface area contributed by atoms with Crippen LogP contribution in [0.25, 0.3) is 6.08 Å². The van der Waals surface area contributed by atoms with Gasteiger partial charge >= 0.3 is 0 Å². The van der Waals surface area contributed by atoms with E-state index in [2.05, 4.69) is 12.2 Å². The number of aliphatic hydroxyl groups excluding tert-OH is 1. The van der Waals surface area contributed by atoms with Crippen LogP contribution in [-0.4, -0.2) is 17.7 Å². The van der Waals surface area contributed by atoms with Crippen LogP contribution in [0.3, 0.4) is 0 Å². The number of aliphatic hydroxyl groups is 1. The van der Waals surface area contributed by atoms with Gasteiger partial charge in [-0.25, -0.2) is 4.39 Å². The highest BCUT2D eigenvalue weighted by atomic mass is 19.1. The number of benzene rings is 1. The minimum absolute atomic E-state index is 0.117. The number of halogens is 1. The Bertz CT molecular complexity index is 480. The predicted octanol–water partition coefficient (Wildman–Crippen LogP) is 4.03. The van der Waals surface area contributed by atoms with Crippen LogP contribution >= 0.6 is 0 Å². The van der Waals surface area contributed by atoms with Gasteiger partial charge in [-0.2, -0.15) is 0 Å². The molecular formula is C18H26FNO. The molecule has 1 aliphatic rings. The van der Waals surface area contributed by atoms with E-state index >= 15 is 0 Å². The van der Waals surface area contributed by atoms with Crippen molar-refractivity contribution in [1.82, 2.24) is 5.32 Å². The zero-order valence-electron chi connectivity index (χ0n) is 12.9. The first-order chi connectivity index (χ1) is 10.2. The number of hydrogen-bond donors (Lipinski definition) is 2. The Kier molecular flexibility index (Phi) is 6.40. The third-order valence-corrected chi connectivity index (χ3v) is 4.16. The van der Waals surface area contributed by atoms with Crippen molar-refractivity contribution >= 4 is 6.08 Å². The molecule has 0 bridgehead atoms. The van der Waals surface area contributed by atoms with Crippen molar-refractivity contribution in [2.24, 2.45) is 0 Å². The van der Waals surface area contributed by atoms with Crippen LogP contribution < -0.4 is 5.32 Å². The summed E-state index contributed by atoms with van der Waals surface area (Å²) in [4.78, 5) is 0. The number of rotatable bonds is 8. The minimum atomic E-state index is -0.248. The third-order valence-electron chi connectivity index (χ3n) is 4.16. The fraction of sp³-hybridized carbons (Fsp3) is 0.556. The molecule has 0 spiro atoms. The van der Waals surface area contributed by atoms with Crippen molar-refractivity contribution in [2.75, 3.05) is 6.54 Å². The maximum absolute atomic E-state index is 14.0. The Hall–Kier alpha value is -1.19. The van der Waals surface area contributed by atoms with Gasteiger partial charge in [-0.1, -0.05) is 43.5 Å². The fourth-order valence-corrected chi connectivity index (χ4v) is 2.65. The van der Waals surface area contributed by atoms with E-state index in [1.54, 1.807) is 12.1 Å². The van der Waals surface area contributed by atoms with Gasteiger partial charge < -0.3 is 10.4 Å². The summed E-state index contributed by atoms with van der Waals surface area (Å²) in [6, 6.07) is 5.66. The van der Waals surface area contributed by atoms with Gasteiger partial charge in [-0.05, 0) is 43.9 Å². The van der Waals surface area contributed by atoms with Gasteiger partial charge in [0.1, 0.15) is 5.82 Å². The Morgan fingerprint density at radius 1 is 1.38 bits per heavy atom. The van der Waals surface area contributed by atoms with Crippen LogP contribution in [0, 0.1) is 5.82 Å². The Morgan fingerprint density at radius 2 is 2.19 bits per heavy atom. The second-order valence-corrected chi connectivity index (χ2v) is 5.90. The van der Waals surface area contributed by atoms with Crippen LogP contribution in [0.5, 0.6) is 0 Å². The predicted molar refractivity (Wildman–Crippen MR) is 85.5 cm³/mol. The summed E-state index contributed by atoms with van der Waals surface area (Å²) in [5, 5.41) is 12.6. The molecule has 3 heteroatoms. The zero-order chi connectivity index (χ0) is 15.1. The molecule has 0 radical (unpaired) electrons. The van der Waals surface area contributed by atoms with Crippen molar-refractivity contribution in [3.05, 3.63) is 40.7 Å². The molecule has 1 aromatic rings. The molecule has 1 saturated carbocycles. The molecule has 2 N–H and O–H groups in total. The molecule has 21 heavy (non-hydrogen) atoms. The summed E-state index contributed by atoms with van der Waals surface area (Å²) in [6.45, 7) is 3.01. The van der Waals surface area contributed by atoms with Crippen LogP contribution in [-0.2, 0) is 6.61 Å². The molecule has 0 atom stereocenters. The van der Waals surface area contributed by atoms with E-state index in [1.165, 1.54) is 30.9 Å². The standard InChI is InChI=1S/C18H26FNO/c1-2-4-14(9-10-20-17-5-3-6-17)11-16-8-7-15(13-21)12-18(16)19/h7-8,11-12,17,20-21H,2-6,9-10,13H2,1H3/b14-11-. The van der Waals surface area contributed by atoms with E-state index in [0.717, 1.165) is 25.8 Å². The van der Waals surface area contributed by atoms with Gasteiger partial charge in [0.2, 0.25) is 0 Å². The lowest BCUT2D eigenvalue weighted by molar-refractivity contribution is 0.281. The van der Waals surface area contributed by atoms with E-state index in [1.807, 2.05) is 6.08 Å². The van der Waals surface area contributed by atoms with E-state index in [-0.39, 0.29) is 12.4 Å². The van der Waals surface area contributed by atoms with Gasteiger partial charge in [0, 0.05) is 11.6 Å². The highest BCUT2D eigenvalue weighted by Gasteiger charge is 2.15. The van der Waals surface area contributed by atoms with Gasteiger partial charge in [-0.3, -0.25) is 0 Å². The van der Waals surface area contributed by atoms with Crippen molar-refractivity contribution in [1.29, 1.82) is 0 Å². The molecule has 116 valence electrons. The smallest absolute Gasteiger partial charge is 0.130 e. The summed E-state index contributed by atoms with van der Waals surface area (Å²) in [5.74, 6) is -0.248. The van der Waals surface area contributed by atoms with Gasteiger partial charge in [0.15, 0.2) is 0 Å². The molecule has 0 amide bonds. The zero-order valence-corrected chi connectivity index (χ0v) is 12.9. The lowest BCUT2D eigenvalue weighted by Crippen LogP contribution is -2.35. The Balaban J connectivity index is 1.97. The quantitative estimate of drug-likeness (QED) is 0.758. The number of hydrogen-bond acceptors (Lipinski definition) is 2. The largest absolute Gasteiger partial charge is 0.392 e. The SMILES string of the molecule is CCC/C(=C/c1ccc(CO)cc1F)CCNC1CCC1. The molecule has 2 rings (SSSR count). The maximum Gasteiger partial charge on any atom is 0.130 e. The van der Waals surface area contributed by atoms with Crippen LogP contribution in [0.4, 0.5) is 4.39 Å². The van der Waals surface area contributed by atoms with Gasteiger partial charge in [-0.15, -0.1) is 0 Å². The van der Waals surface area contributed by atoms with Crippen LogP contribution in [0.2, 0.25) is 0 Å². The molecule has 1 fully saturated rings. The first-order valence-electron chi connectivity index (χ1n) is 8.05. The van der Waals surface area contributed by atoms with Crippen molar-refractivity contribution in [2.45, 2.75) is 58.1 Å². The average molecular weight is 291 g/mol. The summed E-state index contributed by atoms with van der Waals surface area (Å²) in [7, 11) is 0. The monoisotopic (exact) mass is 291 g/mol. The second kappa shape index (κ2) is 8.30. The molecule has 0 unspecified atom stereocenters. The third kappa shape index (κ3) is 4.94. The lowest BCUT2D eigenvalue weighted by Gasteiger charge is -2.26. The fourth-order valence-electron chi connectivity index (χ4n) is 2.65. The van der Waals surface area contributed by atoms with Gasteiger partial charge in [0.05, 0.1) is 6.61 Å². The second-order valence-electron chi connectivity index (χ2n) is 5.90. The van der Waals surface area contributed by atoms with E-state index in [0.29, 0.717) is 17.2 Å². The highest BCUT2D eigenvalue weighted by molar-refractivity contribution is 5.54. The van der Waals surface area contributed by atoms with Gasteiger partial charge in [0.25, 0.3) is 0 Å². The topological polar surface area (TPSA) is 32.3 Å².